The number of carbonyl (C=O) groups is 1. The van der Waals surface area contributed by atoms with Gasteiger partial charge >= 0.3 is 6.36 Å². The van der Waals surface area contributed by atoms with Crippen LogP contribution in [0.1, 0.15) is 10.4 Å². The smallest absolute Gasteiger partial charge is 0.405 e. The van der Waals surface area contributed by atoms with Gasteiger partial charge in [-0.15, -0.1) is 13.2 Å². The van der Waals surface area contributed by atoms with Crippen LogP contribution in [0.4, 0.5) is 13.2 Å². The minimum atomic E-state index is -4.78. The monoisotopic (exact) mass is 250 g/mol. The van der Waals surface area contributed by atoms with E-state index in [0.29, 0.717) is 0 Å². The zero-order chi connectivity index (χ0) is 12.2. The molecule has 0 aliphatic carbocycles. The van der Waals surface area contributed by atoms with Crippen molar-refractivity contribution >= 4 is 17.5 Å². The predicted molar refractivity (Wildman–Crippen MR) is 55.8 cm³/mol. The zero-order valence-electron chi connectivity index (χ0n) is 8.38. The molecule has 0 aliphatic heterocycles. The van der Waals surface area contributed by atoms with E-state index in [2.05, 4.69) is 4.74 Å². The van der Waals surface area contributed by atoms with Gasteiger partial charge < -0.3 is 4.74 Å². The van der Waals surface area contributed by atoms with Crippen LogP contribution in [0.25, 0.3) is 0 Å². The average Bonchev–Trinajstić information content (AvgIpc) is 2.16. The van der Waals surface area contributed by atoms with E-state index in [1.54, 1.807) is 6.26 Å². The highest BCUT2D eigenvalue weighted by atomic mass is 32.2. The summed E-state index contributed by atoms with van der Waals surface area (Å²) in [7, 11) is 0. The minimum absolute atomic E-state index is 0.0471. The van der Waals surface area contributed by atoms with E-state index >= 15 is 0 Å². The Morgan fingerprint density at radius 2 is 2.00 bits per heavy atom. The summed E-state index contributed by atoms with van der Waals surface area (Å²) in [5.74, 6) is -0.709. The summed E-state index contributed by atoms with van der Waals surface area (Å²) >= 11 is 1.24. The van der Waals surface area contributed by atoms with Gasteiger partial charge in [0.2, 0.25) is 0 Å². The molecule has 0 radical (unpaired) electrons. The molecule has 2 nitrogen and oxygen atoms in total. The van der Waals surface area contributed by atoms with Crippen LogP contribution in [0.15, 0.2) is 24.3 Å². The van der Waals surface area contributed by atoms with Crippen molar-refractivity contribution in [2.45, 2.75) is 6.36 Å². The number of Topliss-reactive ketones (excluding diaryl/α,β-unsaturated/α-hetero) is 1. The minimum Gasteiger partial charge on any atom is -0.405 e. The van der Waals surface area contributed by atoms with E-state index in [1.165, 1.54) is 30.0 Å². The standard InChI is InChI=1S/C10H9F3O2S/c1-16-6-8(14)7-4-2-3-5-9(7)15-10(11,12)13/h2-5H,6H2,1H3. The van der Waals surface area contributed by atoms with Crippen molar-refractivity contribution in [3.63, 3.8) is 0 Å². The zero-order valence-corrected chi connectivity index (χ0v) is 9.19. The SMILES string of the molecule is CSCC(=O)c1ccccc1OC(F)(F)F. The third kappa shape index (κ3) is 3.77. The number of benzene rings is 1. The van der Waals surface area contributed by atoms with Gasteiger partial charge in [-0.25, -0.2) is 0 Å². The number of halogens is 3. The van der Waals surface area contributed by atoms with Crippen molar-refractivity contribution in [3.8, 4) is 5.75 Å². The quantitative estimate of drug-likeness (QED) is 0.768. The van der Waals surface area contributed by atoms with Gasteiger partial charge in [-0.1, -0.05) is 12.1 Å². The number of thioether (sulfide) groups is 1. The highest BCUT2D eigenvalue weighted by Crippen LogP contribution is 2.26. The first-order valence-electron chi connectivity index (χ1n) is 4.31. The van der Waals surface area contributed by atoms with Crippen molar-refractivity contribution in [2.24, 2.45) is 0 Å². The maximum atomic E-state index is 12.0. The second-order valence-corrected chi connectivity index (χ2v) is 3.77. The van der Waals surface area contributed by atoms with Crippen molar-refractivity contribution in [2.75, 3.05) is 12.0 Å². The molecule has 1 aromatic carbocycles. The topological polar surface area (TPSA) is 26.3 Å². The molecule has 0 unspecified atom stereocenters. The second kappa shape index (κ2) is 5.25. The molecule has 6 heteroatoms. The van der Waals surface area contributed by atoms with Crippen LogP contribution in [0.5, 0.6) is 5.75 Å². The van der Waals surface area contributed by atoms with Gasteiger partial charge in [0.05, 0.1) is 11.3 Å². The highest BCUT2D eigenvalue weighted by Gasteiger charge is 2.32. The van der Waals surface area contributed by atoms with Gasteiger partial charge in [-0.3, -0.25) is 4.79 Å². The van der Waals surface area contributed by atoms with Gasteiger partial charge in [-0.05, 0) is 18.4 Å². The van der Waals surface area contributed by atoms with Crippen molar-refractivity contribution in [1.82, 2.24) is 0 Å². The van der Waals surface area contributed by atoms with E-state index in [9.17, 15) is 18.0 Å². The summed E-state index contributed by atoms with van der Waals surface area (Å²) in [6.07, 6.45) is -3.08. The van der Waals surface area contributed by atoms with Gasteiger partial charge in [-0.2, -0.15) is 11.8 Å². The molecule has 0 amide bonds. The number of hydrogen-bond acceptors (Lipinski definition) is 3. The Morgan fingerprint density at radius 1 is 1.38 bits per heavy atom. The Hall–Kier alpha value is -1.17. The average molecular weight is 250 g/mol. The summed E-state index contributed by atoms with van der Waals surface area (Å²) in [6.45, 7) is 0. The number of alkyl halides is 3. The molecule has 88 valence electrons. The molecule has 0 heterocycles. The molecule has 0 aromatic heterocycles. The lowest BCUT2D eigenvalue weighted by atomic mass is 10.1. The summed E-state index contributed by atoms with van der Waals surface area (Å²) in [5, 5.41) is 0. The fourth-order valence-corrected chi connectivity index (χ4v) is 1.54. The molecular formula is C10H9F3O2S. The van der Waals surface area contributed by atoms with E-state index in [1.807, 2.05) is 0 Å². The first-order chi connectivity index (χ1) is 7.44. The van der Waals surface area contributed by atoms with Crippen LogP contribution in [0, 0.1) is 0 Å². The second-order valence-electron chi connectivity index (χ2n) is 2.90. The molecule has 0 atom stereocenters. The highest BCUT2D eigenvalue weighted by molar-refractivity contribution is 7.99. The Labute approximate surface area is 94.8 Å². The molecular weight excluding hydrogens is 241 g/mol. The number of hydrogen-bond donors (Lipinski definition) is 0. The third-order valence-electron chi connectivity index (χ3n) is 1.69. The summed E-state index contributed by atoms with van der Waals surface area (Å²) in [5.41, 5.74) is -0.0471. The van der Waals surface area contributed by atoms with Crippen molar-refractivity contribution < 1.29 is 22.7 Å². The fourth-order valence-electron chi connectivity index (χ4n) is 1.12. The Bertz CT molecular complexity index is 377. The molecule has 0 spiro atoms. The summed E-state index contributed by atoms with van der Waals surface area (Å²) in [6, 6.07) is 5.33. The molecule has 1 aromatic rings. The van der Waals surface area contributed by atoms with Gasteiger partial charge in [0, 0.05) is 0 Å². The van der Waals surface area contributed by atoms with Crippen LogP contribution < -0.4 is 4.74 Å². The Morgan fingerprint density at radius 3 is 2.56 bits per heavy atom. The predicted octanol–water partition coefficient (Wildman–Crippen LogP) is 3.13. The fraction of sp³-hybridized carbons (Fsp3) is 0.300. The molecule has 0 saturated heterocycles. The first-order valence-corrected chi connectivity index (χ1v) is 5.70. The molecule has 1 rings (SSSR count). The van der Waals surface area contributed by atoms with E-state index in [4.69, 9.17) is 0 Å². The largest absolute Gasteiger partial charge is 0.573 e. The number of carbonyl (C=O) groups excluding carboxylic acids is 1. The first kappa shape index (κ1) is 12.9. The molecule has 0 aliphatic rings. The number of ketones is 1. The Balaban J connectivity index is 2.96. The molecule has 0 bridgehead atoms. The van der Waals surface area contributed by atoms with E-state index in [0.717, 1.165) is 6.07 Å². The Kier molecular flexibility index (Phi) is 4.23. The van der Waals surface area contributed by atoms with E-state index < -0.39 is 12.1 Å². The van der Waals surface area contributed by atoms with Crippen LogP contribution in [-0.2, 0) is 0 Å². The molecule has 0 N–H and O–H groups in total. The van der Waals surface area contributed by atoms with Gasteiger partial charge in [0.25, 0.3) is 0 Å². The van der Waals surface area contributed by atoms with Crippen molar-refractivity contribution in [1.29, 1.82) is 0 Å². The number of para-hydroxylation sites is 1. The normalized spacial score (nSPS) is 11.2. The van der Waals surface area contributed by atoms with Crippen molar-refractivity contribution in [3.05, 3.63) is 29.8 Å². The molecule has 0 fully saturated rings. The lowest BCUT2D eigenvalue weighted by Crippen LogP contribution is -2.19. The molecule has 16 heavy (non-hydrogen) atoms. The summed E-state index contributed by atoms with van der Waals surface area (Å²) in [4.78, 5) is 11.5. The van der Waals surface area contributed by atoms with E-state index in [-0.39, 0.29) is 17.1 Å². The van der Waals surface area contributed by atoms with Crippen LogP contribution in [0.3, 0.4) is 0 Å². The van der Waals surface area contributed by atoms with Crippen LogP contribution in [0.2, 0.25) is 0 Å². The van der Waals surface area contributed by atoms with Crippen LogP contribution >= 0.6 is 11.8 Å². The van der Waals surface area contributed by atoms with Gasteiger partial charge in [0.1, 0.15) is 5.75 Å². The summed E-state index contributed by atoms with van der Waals surface area (Å²) < 4.78 is 39.9. The molecule has 0 saturated carbocycles. The maximum Gasteiger partial charge on any atom is 0.573 e. The maximum absolute atomic E-state index is 12.0. The lowest BCUT2D eigenvalue weighted by Gasteiger charge is -2.11. The number of ether oxygens (including phenoxy) is 1. The van der Waals surface area contributed by atoms with Gasteiger partial charge in [0.15, 0.2) is 5.78 Å². The lowest BCUT2D eigenvalue weighted by molar-refractivity contribution is -0.274. The van der Waals surface area contributed by atoms with Crippen LogP contribution in [-0.4, -0.2) is 24.2 Å². The number of rotatable bonds is 4. The third-order valence-corrected chi connectivity index (χ3v) is 2.24.